The van der Waals surface area contributed by atoms with Crippen molar-refractivity contribution in [1.29, 1.82) is 0 Å². The summed E-state index contributed by atoms with van der Waals surface area (Å²) >= 11 is 0. The summed E-state index contributed by atoms with van der Waals surface area (Å²) in [6.07, 6.45) is -0.444. The van der Waals surface area contributed by atoms with Gasteiger partial charge in [-0.05, 0) is 55.0 Å². The first-order chi connectivity index (χ1) is 20.5. The van der Waals surface area contributed by atoms with E-state index in [1.165, 1.54) is 30.6 Å². The summed E-state index contributed by atoms with van der Waals surface area (Å²) < 4.78 is 39.7. The largest absolute Gasteiger partial charge is 0.497 e. The molecule has 0 radical (unpaired) electrons. The van der Waals surface area contributed by atoms with Gasteiger partial charge in [-0.2, -0.15) is 4.31 Å². The van der Waals surface area contributed by atoms with Crippen LogP contribution in [0.5, 0.6) is 11.5 Å². The maximum absolute atomic E-state index is 13.5. The predicted octanol–water partition coefficient (Wildman–Crippen LogP) is 3.35. The zero-order chi connectivity index (χ0) is 31.1. The molecule has 0 fully saturated rings. The van der Waals surface area contributed by atoms with Crippen LogP contribution in [0.1, 0.15) is 25.0 Å². The molecule has 4 rings (SSSR count). The molecule has 3 aromatic carbocycles. The number of ether oxygens (including phenoxy) is 2. The number of hydrogen-bond donors (Lipinski definition) is 2. The third-order valence-electron chi connectivity index (χ3n) is 7.61. The van der Waals surface area contributed by atoms with Gasteiger partial charge in [-0.3, -0.25) is 9.59 Å². The predicted molar refractivity (Wildman–Crippen MR) is 164 cm³/mol. The molecule has 43 heavy (non-hydrogen) atoms. The van der Waals surface area contributed by atoms with Crippen molar-refractivity contribution in [3.8, 4) is 11.5 Å². The van der Waals surface area contributed by atoms with Crippen molar-refractivity contribution in [3.05, 3.63) is 83.9 Å². The second kappa shape index (κ2) is 14.0. The molecule has 1 aliphatic rings. The van der Waals surface area contributed by atoms with Gasteiger partial charge in [0.15, 0.2) is 0 Å². The van der Waals surface area contributed by atoms with Crippen LogP contribution in [0.25, 0.3) is 0 Å². The lowest BCUT2D eigenvalue weighted by atomic mass is 10.0. The monoisotopic (exact) mass is 609 g/mol. The zero-order valence-electron chi connectivity index (χ0n) is 24.9. The van der Waals surface area contributed by atoms with Gasteiger partial charge in [-0.25, -0.2) is 8.42 Å². The molecule has 11 heteroatoms. The number of amides is 2. The lowest BCUT2D eigenvalue weighted by Crippen LogP contribution is -2.48. The van der Waals surface area contributed by atoms with Crippen LogP contribution in [-0.2, 0) is 32.5 Å². The summed E-state index contributed by atoms with van der Waals surface area (Å²) in [7, 11) is -0.851. The molecule has 0 saturated heterocycles. The number of carbonyl (C=O) groups is 2. The molecule has 0 aromatic heterocycles. The molecule has 0 spiro atoms. The van der Waals surface area contributed by atoms with E-state index in [0.29, 0.717) is 22.7 Å². The number of anilines is 1. The van der Waals surface area contributed by atoms with E-state index < -0.39 is 22.2 Å². The summed E-state index contributed by atoms with van der Waals surface area (Å²) in [4.78, 5) is 27.9. The van der Waals surface area contributed by atoms with Crippen molar-refractivity contribution in [2.45, 2.75) is 43.7 Å². The van der Waals surface area contributed by atoms with Gasteiger partial charge in [0.05, 0.1) is 44.0 Å². The molecule has 0 saturated carbocycles. The molecule has 0 unspecified atom stereocenters. The lowest BCUT2D eigenvalue weighted by Gasteiger charge is -2.33. The van der Waals surface area contributed by atoms with Crippen molar-refractivity contribution in [2.75, 3.05) is 39.2 Å². The minimum absolute atomic E-state index is 0.0124. The lowest BCUT2D eigenvalue weighted by molar-refractivity contribution is -0.134. The Labute approximate surface area is 253 Å². The van der Waals surface area contributed by atoms with Gasteiger partial charge in [-0.1, -0.05) is 37.3 Å². The molecule has 1 aliphatic heterocycles. The fraction of sp³-hybridized carbons (Fsp3) is 0.375. The molecule has 3 atom stereocenters. The van der Waals surface area contributed by atoms with Crippen LogP contribution in [0.15, 0.2) is 77.7 Å². The highest BCUT2D eigenvalue weighted by molar-refractivity contribution is 7.89. The Morgan fingerprint density at radius 1 is 1.14 bits per heavy atom. The molecule has 2 amide bonds. The van der Waals surface area contributed by atoms with Crippen LogP contribution in [-0.4, -0.2) is 80.5 Å². The number of rotatable bonds is 10. The fourth-order valence-corrected chi connectivity index (χ4v) is 6.17. The molecule has 2 N–H and O–H groups in total. The quantitative estimate of drug-likeness (QED) is 0.361. The Balaban J connectivity index is 1.61. The highest BCUT2D eigenvalue weighted by Gasteiger charge is 2.33. The molecular formula is C32H39N3O7S. The topological polar surface area (TPSA) is 125 Å². The Kier molecular flexibility index (Phi) is 10.4. The van der Waals surface area contributed by atoms with Crippen LogP contribution >= 0.6 is 0 Å². The number of sulfonamides is 1. The van der Waals surface area contributed by atoms with E-state index in [-0.39, 0.29) is 55.2 Å². The molecule has 0 aliphatic carbocycles. The van der Waals surface area contributed by atoms with Gasteiger partial charge >= 0.3 is 0 Å². The number of fused-ring (bicyclic) bond motifs is 1. The number of nitrogens with zero attached hydrogens (tertiary/aromatic N) is 2. The molecule has 0 bridgehead atoms. The van der Waals surface area contributed by atoms with Crippen molar-refractivity contribution in [3.63, 3.8) is 0 Å². The molecule has 10 nitrogen and oxygen atoms in total. The first-order valence-electron chi connectivity index (χ1n) is 14.2. The summed E-state index contributed by atoms with van der Waals surface area (Å²) in [6.45, 7) is 3.71. The van der Waals surface area contributed by atoms with E-state index in [2.05, 4.69) is 5.32 Å². The fourth-order valence-electron chi connectivity index (χ4n) is 4.99. The SMILES string of the molecule is COc1ccc(S(=O)(=O)N(C)C[C@@H]2Oc3ccc(NC(=O)Cc4ccccc4)cc3CC(=O)N([C@@H](C)CO)C[C@H]2C)cc1. The molecule has 1 heterocycles. The first kappa shape index (κ1) is 32.0. The maximum atomic E-state index is 13.5. The van der Waals surface area contributed by atoms with Gasteiger partial charge in [0.1, 0.15) is 17.6 Å². The van der Waals surface area contributed by atoms with E-state index in [1.807, 2.05) is 37.3 Å². The minimum Gasteiger partial charge on any atom is -0.497 e. The van der Waals surface area contributed by atoms with Crippen molar-refractivity contribution >= 4 is 27.5 Å². The summed E-state index contributed by atoms with van der Waals surface area (Å²) in [6, 6.07) is 20.2. The number of benzene rings is 3. The van der Waals surface area contributed by atoms with Gasteiger partial charge in [0, 0.05) is 30.8 Å². The van der Waals surface area contributed by atoms with Gasteiger partial charge < -0.3 is 24.8 Å². The van der Waals surface area contributed by atoms with E-state index in [0.717, 1.165) is 5.56 Å². The number of aliphatic hydroxyl groups is 1. The Morgan fingerprint density at radius 3 is 2.49 bits per heavy atom. The van der Waals surface area contributed by atoms with Crippen LogP contribution < -0.4 is 14.8 Å². The number of hydrogen-bond acceptors (Lipinski definition) is 7. The highest BCUT2D eigenvalue weighted by Crippen LogP contribution is 2.30. The number of likely N-dealkylation sites (N-methyl/N-ethyl adjacent to an activating group) is 1. The third kappa shape index (κ3) is 7.92. The third-order valence-corrected chi connectivity index (χ3v) is 9.45. The van der Waals surface area contributed by atoms with Crippen LogP contribution in [0.3, 0.4) is 0 Å². The van der Waals surface area contributed by atoms with Gasteiger partial charge in [-0.15, -0.1) is 0 Å². The Hall–Kier alpha value is -3.93. The van der Waals surface area contributed by atoms with Crippen LogP contribution in [0.4, 0.5) is 5.69 Å². The number of methoxy groups -OCH3 is 1. The number of nitrogens with one attached hydrogen (secondary N) is 1. The van der Waals surface area contributed by atoms with Crippen LogP contribution in [0, 0.1) is 5.92 Å². The number of aliphatic hydroxyl groups excluding tert-OH is 1. The summed E-state index contributed by atoms with van der Waals surface area (Å²) in [5.74, 6) is 0.284. The smallest absolute Gasteiger partial charge is 0.242 e. The summed E-state index contributed by atoms with van der Waals surface area (Å²) in [5, 5.41) is 12.8. The summed E-state index contributed by atoms with van der Waals surface area (Å²) in [5.41, 5.74) is 1.94. The van der Waals surface area contributed by atoms with Crippen molar-refractivity contribution in [2.24, 2.45) is 5.92 Å². The maximum Gasteiger partial charge on any atom is 0.242 e. The average Bonchev–Trinajstić information content (AvgIpc) is 3.04. The standard InChI is InChI=1S/C32H39N3O7S/c1-22-19-35(23(2)21-36)32(38)18-25-17-26(33-31(37)16-24-8-6-5-7-9-24)10-15-29(25)42-30(22)20-34(3)43(39,40)28-13-11-27(41-4)12-14-28/h5-15,17,22-23,30,36H,16,18-21H2,1-4H3,(H,33,37)/t22-,23+,30+/m1/s1. The second-order valence-corrected chi connectivity index (χ2v) is 12.9. The average molecular weight is 610 g/mol. The van der Waals surface area contributed by atoms with E-state index in [1.54, 1.807) is 42.2 Å². The Bertz CT molecular complexity index is 1510. The molecular weight excluding hydrogens is 570 g/mol. The van der Waals surface area contributed by atoms with Crippen LogP contribution in [0.2, 0.25) is 0 Å². The van der Waals surface area contributed by atoms with Gasteiger partial charge in [0.2, 0.25) is 21.8 Å². The van der Waals surface area contributed by atoms with E-state index in [4.69, 9.17) is 9.47 Å². The second-order valence-electron chi connectivity index (χ2n) is 10.9. The number of carbonyl (C=O) groups excluding carboxylic acids is 2. The van der Waals surface area contributed by atoms with Gasteiger partial charge in [0.25, 0.3) is 0 Å². The first-order valence-corrected chi connectivity index (χ1v) is 15.6. The minimum atomic E-state index is -3.86. The molecule has 3 aromatic rings. The zero-order valence-corrected chi connectivity index (χ0v) is 25.7. The van der Waals surface area contributed by atoms with E-state index >= 15 is 0 Å². The Morgan fingerprint density at radius 2 is 1.84 bits per heavy atom. The highest BCUT2D eigenvalue weighted by atomic mass is 32.2. The van der Waals surface area contributed by atoms with E-state index in [9.17, 15) is 23.1 Å². The van der Waals surface area contributed by atoms with Crippen molar-refractivity contribution < 1.29 is 32.6 Å². The van der Waals surface area contributed by atoms with Crippen molar-refractivity contribution in [1.82, 2.24) is 9.21 Å². The molecule has 230 valence electrons. The normalized spacial score (nSPS) is 18.1.